The second-order valence-electron chi connectivity index (χ2n) is 8.76. The van der Waals surface area contributed by atoms with Crippen LogP contribution < -0.4 is 15.0 Å². The van der Waals surface area contributed by atoms with Gasteiger partial charge in [-0.3, -0.25) is 14.4 Å². The van der Waals surface area contributed by atoms with E-state index in [1.165, 1.54) is 11.0 Å². The average molecular weight is 549 g/mol. The molecular weight excluding hydrogens is 527 g/mol. The lowest BCUT2D eigenvalue weighted by Crippen LogP contribution is -2.28. The fraction of sp³-hybridized carbons (Fsp3) is 0.138. The fourth-order valence-electron chi connectivity index (χ4n) is 4.25. The van der Waals surface area contributed by atoms with E-state index in [4.69, 9.17) is 32.7 Å². The molecule has 0 radical (unpaired) electrons. The Balaban J connectivity index is 1.16. The van der Waals surface area contributed by atoms with Gasteiger partial charge < -0.3 is 19.7 Å². The molecule has 192 valence electrons. The summed E-state index contributed by atoms with van der Waals surface area (Å²) in [4.78, 5) is 38.9. The SMILES string of the molecule is O=C(COC(=O)[C@H]1CC(=O)N(c2ccc(Oc3cccc4ccccc34)cc2)C1)Nc1ccc(Cl)cc1Cl. The number of carbonyl (C=O) groups excluding carboxylic acids is 3. The second-order valence-corrected chi connectivity index (χ2v) is 9.60. The number of carbonyl (C=O) groups is 3. The number of amides is 2. The Morgan fingerprint density at radius 1 is 0.947 bits per heavy atom. The molecule has 1 aliphatic heterocycles. The zero-order valence-corrected chi connectivity index (χ0v) is 21.5. The Kier molecular flexibility index (Phi) is 7.49. The Morgan fingerprint density at radius 3 is 2.50 bits per heavy atom. The summed E-state index contributed by atoms with van der Waals surface area (Å²) in [6, 6.07) is 25.5. The molecule has 0 spiro atoms. The summed E-state index contributed by atoms with van der Waals surface area (Å²) in [5.74, 6) is -0.689. The van der Waals surface area contributed by atoms with Gasteiger partial charge in [0.2, 0.25) is 5.91 Å². The number of anilines is 2. The molecule has 0 aromatic heterocycles. The summed E-state index contributed by atoms with van der Waals surface area (Å²) in [5.41, 5.74) is 0.998. The molecule has 38 heavy (non-hydrogen) atoms. The molecule has 0 bridgehead atoms. The van der Waals surface area contributed by atoms with Gasteiger partial charge in [0.1, 0.15) is 11.5 Å². The maximum absolute atomic E-state index is 12.6. The summed E-state index contributed by atoms with van der Waals surface area (Å²) in [6.07, 6.45) is -0.00226. The molecule has 4 aromatic carbocycles. The lowest BCUT2D eigenvalue weighted by Gasteiger charge is -2.17. The van der Waals surface area contributed by atoms with Gasteiger partial charge in [0.05, 0.1) is 16.6 Å². The number of ether oxygens (including phenoxy) is 2. The lowest BCUT2D eigenvalue weighted by molar-refractivity contribution is -0.151. The Labute approximate surface area is 228 Å². The molecule has 2 amide bonds. The predicted octanol–water partition coefficient (Wildman–Crippen LogP) is 6.47. The first kappa shape index (κ1) is 25.6. The van der Waals surface area contributed by atoms with Crippen molar-refractivity contribution in [2.45, 2.75) is 6.42 Å². The average Bonchev–Trinajstić information content (AvgIpc) is 3.31. The van der Waals surface area contributed by atoms with Crippen LogP contribution in [0, 0.1) is 5.92 Å². The number of hydrogen-bond acceptors (Lipinski definition) is 5. The van der Waals surface area contributed by atoms with Gasteiger partial charge in [-0.25, -0.2) is 0 Å². The third kappa shape index (κ3) is 5.74. The summed E-state index contributed by atoms with van der Waals surface area (Å²) in [6.45, 7) is -0.339. The van der Waals surface area contributed by atoms with Gasteiger partial charge in [0.15, 0.2) is 6.61 Å². The Hall–Kier alpha value is -4.07. The van der Waals surface area contributed by atoms with E-state index in [2.05, 4.69) is 5.32 Å². The molecule has 7 nitrogen and oxygen atoms in total. The van der Waals surface area contributed by atoms with Crippen LogP contribution in [-0.4, -0.2) is 30.9 Å². The van der Waals surface area contributed by atoms with Gasteiger partial charge in [-0.2, -0.15) is 0 Å². The molecule has 1 saturated heterocycles. The normalized spacial score (nSPS) is 14.9. The van der Waals surface area contributed by atoms with Crippen molar-refractivity contribution in [3.8, 4) is 11.5 Å². The van der Waals surface area contributed by atoms with E-state index in [1.54, 1.807) is 36.4 Å². The summed E-state index contributed by atoms with van der Waals surface area (Å²) in [7, 11) is 0. The number of hydrogen-bond donors (Lipinski definition) is 1. The molecule has 0 aliphatic carbocycles. The number of esters is 1. The van der Waals surface area contributed by atoms with Gasteiger partial charge in [0.25, 0.3) is 5.91 Å². The molecule has 0 unspecified atom stereocenters. The molecule has 5 rings (SSSR count). The van der Waals surface area contributed by atoms with Crippen LogP contribution >= 0.6 is 23.2 Å². The monoisotopic (exact) mass is 548 g/mol. The highest BCUT2D eigenvalue weighted by molar-refractivity contribution is 6.36. The van der Waals surface area contributed by atoms with Gasteiger partial charge >= 0.3 is 5.97 Å². The van der Waals surface area contributed by atoms with Crippen molar-refractivity contribution >= 4 is 63.1 Å². The quantitative estimate of drug-likeness (QED) is 0.267. The maximum atomic E-state index is 12.6. The van der Waals surface area contributed by atoms with Crippen LogP contribution in [0.25, 0.3) is 10.8 Å². The Bertz CT molecular complexity index is 1520. The van der Waals surface area contributed by atoms with Gasteiger partial charge in [-0.1, -0.05) is 59.6 Å². The molecule has 1 heterocycles. The standard InChI is InChI=1S/C29H22Cl2N2O5/c30-20-8-13-25(24(31)15-20)32-27(34)17-37-29(36)19-14-28(35)33(16-19)21-9-11-22(12-10-21)38-26-7-3-5-18-4-1-2-6-23(18)26/h1-13,15,19H,14,16-17H2,(H,32,34)/t19-/m0/s1. The third-order valence-electron chi connectivity index (χ3n) is 6.13. The van der Waals surface area contributed by atoms with Crippen LogP contribution in [-0.2, 0) is 19.1 Å². The van der Waals surface area contributed by atoms with Crippen LogP contribution in [0.1, 0.15) is 6.42 Å². The van der Waals surface area contributed by atoms with Gasteiger partial charge in [-0.15, -0.1) is 0 Å². The van der Waals surface area contributed by atoms with Crippen molar-refractivity contribution < 1.29 is 23.9 Å². The van der Waals surface area contributed by atoms with E-state index in [0.717, 1.165) is 16.5 Å². The minimum Gasteiger partial charge on any atom is -0.457 e. The van der Waals surface area contributed by atoms with E-state index in [-0.39, 0.29) is 23.9 Å². The number of nitrogens with zero attached hydrogens (tertiary/aromatic N) is 1. The summed E-state index contributed by atoms with van der Waals surface area (Å²) < 4.78 is 11.2. The number of nitrogens with one attached hydrogen (secondary N) is 1. The highest BCUT2D eigenvalue weighted by atomic mass is 35.5. The number of halogens is 2. The van der Waals surface area contributed by atoms with Crippen molar-refractivity contribution in [1.82, 2.24) is 0 Å². The zero-order chi connectivity index (χ0) is 26.6. The van der Waals surface area contributed by atoms with Crippen LogP contribution in [0.5, 0.6) is 11.5 Å². The van der Waals surface area contributed by atoms with Crippen molar-refractivity contribution in [3.63, 3.8) is 0 Å². The van der Waals surface area contributed by atoms with E-state index in [9.17, 15) is 14.4 Å². The summed E-state index contributed by atoms with van der Waals surface area (Å²) >= 11 is 11.9. The molecule has 1 N–H and O–H groups in total. The molecule has 0 saturated carbocycles. The highest BCUT2D eigenvalue weighted by Crippen LogP contribution is 2.32. The lowest BCUT2D eigenvalue weighted by atomic mass is 10.1. The predicted molar refractivity (Wildman–Crippen MR) is 147 cm³/mol. The molecule has 4 aromatic rings. The molecule has 9 heteroatoms. The number of fused-ring (bicyclic) bond motifs is 1. The molecule has 1 fully saturated rings. The first-order valence-electron chi connectivity index (χ1n) is 11.8. The van der Waals surface area contributed by atoms with Crippen molar-refractivity contribution in [2.75, 3.05) is 23.4 Å². The maximum Gasteiger partial charge on any atom is 0.311 e. The minimum atomic E-state index is -0.680. The second kappa shape index (κ2) is 11.1. The van der Waals surface area contributed by atoms with Gasteiger partial charge in [-0.05, 0) is 53.9 Å². The first-order chi connectivity index (χ1) is 18.4. The molecule has 1 atom stereocenters. The third-order valence-corrected chi connectivity index (χ3v) is 6.68. The minimum absolute atomic E-state index is 0.00226. The number of rotatable bonds is 7. The largest absolute Gasteiger partial charge is 0.457 e. The van der Waals surface area contributed by atoms with E-state index in [0.29, 0.717) is 22.1 Å². The van der Waals surface area contributed by atoms with E-state index >= 15 is 0 Å². The van der Waals surface area contributed by atoms with Crippen LogP contribution in [0.2, 0.25) is 10.0 Å². The highest BCUT2D eigenvalue weighted by Gasteiger charge is 2.36. The molecule has 1 aliphatic rings. The van der Waals surface area contributed by atoms with Crippen molar-refractivity contribution in [3.05, 3.63) is 95.0 Å². The summed E-state index contributed by atoms with van der Waals surface area (Å²) in [5, 5.41) is 5.34. The number of benzene rings is 4. The van der Waals surface area contributed by atoms with Crippen LogP contribution in [0.15, 0.2) is 84.9 Å². The van der Waals surface area contributed by atoms with Crippen molar-refractivity contribution in [1.29, 1.82) is 0 Å². The van der Waals surface area contributed by atoms with Gasteiger partial charge in [0, 0.05) is 29.1 Å². The van der Waals surface area contributed by atoms with E-state index < -0.39 is 24.4 Å². The fourth-order valence-corrected chi connectivity index (χ4v) is 4.71. The van der Waals surface area contributed by atoms with E-state index in [1.807, 2.05) is 42.5 Å². The first-order valence-corrected chi connectivity index (χ1v) is 12.6. The topological polar surface area (TPSA) is 84.9 Å². The Morgan fingerprint density at radius 2 is 1.71 bits per heavy atom. The molecular formula is C29H22Cl2N2O5. The van der Waals surface area contributed by atoms with Crippen LogP contribution in [0.4, 0.5) is 11.4 Å². The van der Waals surface area contributed by atoms with Crippen LogP contribution in [0.3, 0.4) is 0 Å². The smallest absolute Gasteiger partial charge is 0.311 e. The van der Waals surface area contributed by atoms with Crippen molar-refractivity contribution in [2.24, 2.45) is 5.92 Å². The zero-order valence-electron chi connectivity index (χ0n) is 20.0.